The van der Waals surface area contributed by atoms with Gasteiger partial charge in [0.1, 0.15) is 5.82 Å². The van der Waals surface area contributed by atoms with Crippen LogP contribution >= 0.6 is 0 Å². The number of rotatable bonds is 2. The molecule has 0 spiro atoms. The fourth-order valence-electron chi connectivity index (χ4n) is 3.20. The summed E-state index contributed by atoms with van der Waals surface area (Å²) in [6.45, 7) is 4.24. The molecule has 0 amide bonds. The minimum absolute atomic E-state index is 0.0309. The van der Waals surface area contributed by atoms with Crippen LogP contribution in [0.25, 0.3) is 11.0 Å². The monoisotopic (exact) mass is 243 g/mol. The summed E-state index contributed by atoms with van der Waals surface area (Å²) in [6, 6.07) is 4.34. The lowest BCUT2D eigenvalue weighted by Gasteiger charge is -2.21. The Bertz CT molecular complexity index is 577. The maximum Gasteiger partial charge on any atom is 0.109 e. The molecule has 3 N–H and O–H groups in total. The van der Waals surface area contributed by atoms with E-state index in [1.807, 2.05) is 0 Å². The van der Waals surface area contributed by atoms with Crippen LogP contribution in [0.3, 0.4) is 0 Å². The minimum atomic E-state index is -0.0309. The van der Waals surface area contributed by atoms with Gasteiger partial charge in [-0.3, -0.25) is 0 Å². The second-order valence-corrected chi connectivity index (χ2v) is 5.91. The third kappa shape index (κ3) is 2.03. The van der Waals surface area contributed by atoms with E-state index >= 15 is 0 Å². The first-order valence-corrected chi connectivity index (χ1v) is 6.80. The molecule has 1 aromatic carbocycles. The van der Waals surface area contributed by atoms with Crippen molar-refractivity contribution in [2.75, 3.05) is 0 Å². The SMILES string of the molecule is Cc1cc(C)c2nc(CC3(N)CCCC3)[nH]c2c1. The Hall–Kier alpha value is -1.35. The molecule has 3 nitrogen and oxygen atoms in total. The molecule has 18 heavy (non-hydrogen) atoms. The van der Waals surface area contributed by atoms with Gasteiger partial charge in [0.25, 0.3) is 0 Å². The molecule has 0 bridgehead atoms. The van der Waals surface area contributed by atoms with Crippen molar-refractivity contribution in [2.45, 2.75) is 51.5 Å². The Balaban J connectivity index is 1.96. The van der Waals surface area contributed by atoms with Crippen molar-refractivity contribution in [3.8, 4) is 0 Å². The average Bonchev–Trinajstić information content (AvgIpc) is 2.85. The van der Waals surface area contributed by atoms with Crippen LogP contribution in [-0.4, -0.2) is 15.5 Å². The highest BCUT2D eigenvalue weighted by Gasteiger charge is 2.30. The number of fused-ring (bicyclic) bond motifs is 1. The molecule has 1 saturated carbocycles. The fraction of sp³-hybridized carbons (Fsp3) is 0.533. The summed E-state index contributed by atoms with van der Waals surface area (Å²) in [5, 5.41) is 0. The molecule has 96 valence electrons. The zero-order valence-electron chi connectivity index (χ0n) is 11.2. The lowest BCUT2D eigenvalue weighted by atomic mass is 9.94. The fourth-order valence-corrected chi connectivity index (χ4v) is 3.20. The van der Waals surface area contributed by atoms with E-state index in [1.54, 1.807) is 0 Å². The summed E-state index contributed by atoms with van der Waals surface area (Å²) in [7, 11) is 0. The number of nitrogens with zero attached hydrogens (tertiary/aromatic N) is 1. The minimum Gasteiger partial charge on any atom is -0.342 e. The quantitative estimate of drug-likeness (QED) is 0.852. The number of aromatic nitrogens is 2. The van der Waals surface area contributed by atoms with Crippen molar-refractivity contribution in [2.24, 2.45) is 5.73 Å². The summed E-state index contributed by atoms with van der Waals surface area (Å²) in [5.74, 6) is 1.04. The van der Waals surface area contributed by atoms with Gasteiger partial charge < -0.3 is 10.7 Å². The molecular weight excluding hydrogens is 222 g/mol. The van der Waals surface area contributed by atoms with E-state index in [1.165, 1.54) is 24.0 Å². The number of nitrogens with one attached hydrogen (secondary N) is 1. The molecule has 3 rings (SSSR count). The highest BCUT2D eigenvalue weighted by molar-refractivity contribution is 5.79. The van der Waals surface area contributed by atoms with Crippen LogP contribution < -0.4 is 5.73 Å². The number of benzene rings is 1. The number of hydrogen-bond donors (Lipinski definition) is 2. The van der Waals surface area contributed by atoms with Gasteiger partial charge in [-0.15, -0.1) is 0 Å². The van der Waals surface area contributed by atoms with Crippen LogP contribution in [0.15, 0.2) is 12.1 Å². The van der Waals surface area contributed by atoms with Crippen molar-refractivity contribution in [1.82, 2.24) is 9.97 Å². The molecule has 1 heterocycles. The molecule has 2 aromatic rings. The summed E-state index contributed by atoms with van der Waals surface area (Å²) >= 11 is 0. The lowest BCUT2D eigenvalue weighted by Crippen LogP contribution is -2.39. The van der Waals surface area contributed by atoms with Gasteiger partial charge >= 0.3 is 0 Å². The Morgan fingerprint density at radius 3 is 2.72 bits per heavy atom. The zero-order valence-corrected chi connectivity index (χ0v) is 11.2. The van der Waals surface area contributed by atoms with Crippen molar-refractivity contribution in [3.63, 3.8) is 0 Å². The highest BCUT2D eigenvalue weighted by Crippen LogP contribution is 2.30. The van der Waals surface area contributed by atoms with Crippen LogP contribution in [0.5, 0.6) is 0 Å². The van der Waals surface area contributed by atoms with E-state index < -0.39 is 0 Å². The van der Waals surface area contributed by atoms with Crippen LogP contribution in [0.4, 0.5) is 0 Å². The van der Waals surface area contributed by atoms with Gasteiger partial charge in [-0.25, -0.2) is 4.98 Å². The van der Waals surface area contributed by atoms with E-state index in [4.69, 9.17) is 10.7 Å². The number of aromatic amines is 1. The topological polar surface area (TPSA) is 54.7 Å². The standard InChI is InChI=1S/C15H21N3/c1-10-7-11(2)14-12(8-10)17-13(18-14)9-15(16)5-3-4-6-15/h7-8H,3-6,9,16H2,1-2H3,(H,17,18). The van der Waals surface area contributed by atoms with E-state index in [-0.39, 0.29) is 5.54 Å². The first-order valence-electron chi connectivity index (χ1n) is 6.80. The third-order valence-corrected chi connectivity index (χ3v) is 4.09. The van der Waals surface area contributed by atoms with E-state index in [2.05, 4.69) is 31.0 Å². The normalized spacial score (nSPS) is 18.6. The highest BCUT2D eigenvalue weighted by atomic mass is 14.9. The predicted octanol–water partition coefficient (Wildman–Crippen LogP) is 2.99. The van der Waals surface area contributed by atoms with Crippen LogP contribution in [-0.2, 0) is 6.42 Å². The van der Waals surface area contributed by atoms with Gasteiger partial charge in [-0.1, -0.05) is 18.9 Å². The van der Waals surface area contributed by atoms with E-state index in [9.17, 15) is 0 Å². The molecule has 0 radical (unpaired) electrons. The smallest absolute Gasteiger partial charge is 0.109 e. The molecule has 0 saturated heterocycles. The van der Waals surface area contributed by atoms with Gasteiger partial charge in [0.05, 0.1) is 11.0 Å². The van der Waals surface area contributed by atoms with Gasteiger partial charge in [0, 0.05) is 12.0 Å². The van der Waals surface area contributed by atoms with Crippen molar-refractivity contribution in [1.29, 1.82) is 0 Å². The molecule has 1 aliphatic carbocycles. The summed E-state index contributed by atoms with van der Waals surface area (Å²) in [4.78, 5) is 8.16. The number of aryl methyl sites for hydroxylation is 2. The third-order valence-electron chi connectivity index (χ3n) is 4.09. The van der Waals surface area contributed by atoms with Gasteiger partial charge in [0.15, 0.2) is 0 Å². The van der Waals surface area contributed by atoms with Gasteiger partial charge in [-0.05, 0) is 43.9 Å². The Morgan fingerprint density at radius 1 is 1.28 bits per heavy atom. The maximum absolute atomic E-state index is 6.42. The Morgan fingerprint density at radius 2 is 2.00 bits per heavy atom. The molecule has 1 fully saturated rings. The number of nitrogens with two attached hydrogens (primary N) is 1. The van der Waals surface area contributed by atoms with Crippen LogP contribution in [0, 0.1) is 13.8 Å². The molecule has 0 atom stereocenters. The average molecular weight is 243 g/mol. The van der Waals surface area contributed by atoms with E-state index in [0.717, 1.165) is 36.1 Å². The molecule has 1 aromatic heterocycles. The first kappa shape index (κ1) is 11.7. The first-order chi connectivity index (χ1) is 8.56. The summed E-state index contributed by atoms with van der Waals surface area (Å²) < 4.78 is 0. The molecule has 0 aliphatic heterocycles. The van der Waals surface area contributed by atoms with Crippen molar-refractivity contribution < 1.29 is 0 Å². The van der Waals surface area contributed by atoms with Crippen molar-refractivity contribution >= 4 is 11.0 Å². The summed E-state index contributed by atoms with van der Waals surface area (Å²) in [6.07, 6.45) is 5.65. The number of H-pyrrole nitrogens is 1. The molecule has 3 heteroatoms. The van der Waals surface area contributed by atoms with Crippen LogP contribution in [0.1, 0.15) is 42.6 Å². The second kappa shape index (κ2) is 4.09. The van der Waals surface area contributed by atoms with Gasteiger partial charge in [-0.2, -0.15) is 0 Å². The largest absolute Gasteiger partial charge is 0.342 e. The van der Waals surface area contributed by atoms with Gasteiger partial charge in [0.2, 0.25) is 0 Å². The second-order valence-electron chi connectivity index (χ2n) is 5.91. The maximum atomic E-state index is 6.42. The van der Waals surface area contributed by atoms with Crippen LogP contribution in [0.2, 0.25) is 0 Å². The molecule has 0 unspecified atom stereocenters. The Kier molecular flexibility index (Phi) is 2.67. The number of hydrogen-bond acceptors (Lipinski definition) is 2. The Labute approximate surface area is 108 Å². The zero-order chi connectivity index (χ0) is 12.8. The molecule has 1 aliphatic rings. The summed E-state index contributed by atoms with van der Waals surface area (Å²) in [5.41, 5.74) is 11.1. The van der Waals surface area contributed by atoms with Crippen molar-refractivity contribution in [3.05, 3.63) is 29.1 Å². The predicted molar refractivity (Wildman–Crippen MR) is 74.7 cm³/mol. The molecular formula is C15H21N3. The lowest BCUT2D eigenvalue weighted by molar-refractivity contribution is 0.428. The van der Waals surface area contributed by atoms with E-state index in [0.29, 0.717) is 0 Å². The number of imidazole rings is 1.